The van der Waals surface area contributed by atoms with Crippen molar-refractivity contribution in [3.63, 3.8) is 0 Å². The minimum absolute atomic E-state index is 0.315. The summed E-state index contributed by atoms with van der Waals surface area (Å²) in [6, 6.07) is 5.43. The molecule has 0 N–H and O–H groups in total. The maximum Gasteiger partial charge on any atom is 0.321 e. The number of esters is 1. The van der Waals surface area contributed by atoms with Crippen LogP contribution in [-0.4, -0.2) is 28.2 Å². The van der Waals surface area contributed by atoms with E-state index in [1.165, 1.54) is 7.11 Å². The molecule has 2 aromatic heterocycles. The lowest BCUT2D eigenvalue weighted by Crippen LogP contribution is -2.22. The van der Waals surface area contributed by atoms with E-state index in [4.69, 9.17) is 9.26 Å². The minimum Gasteiger partial charge on any atom is -0.468 e. The summed E-state index contributed by atoms with van der Waals surface area (Å²) in [5.74, 6) is 0.384. The van der Waals surface area contributed by atoms with Crippen molar-refractivity contribution in [3.8, 4) is 11.5 Å². The molecule has 2 aromatic rings. The average molecular weight is 245 g/mol. The molecule has 0 unspecified atom stereocenters. The fourth-order valence-corrected chi connectivity index (χ4v) is 1.84. The van der Waals surface area contributed by atoms with Gasteiger partial charge in [0.25, 0.3) is 0 Å². The van der Waals surface area contributed by atoms with Gasteiger partial charge in [-0.25, -0.2) is 0 Å². The molecule has 0 aliphatic heterocycles. The van der Waals surface area contributed by atoms with Crippen molar-refractivity contribution in [1.82, 2.24) is 15.1 Å². The van der Waals surface area contributed by atoms with Gasteiger partial charge >= 0.3 is 5.97 Å². The molecule has 1 aliphatic rings. The van der Waals surface area contributed by atoms with Gasteiger partial charge in [0.2, 0.25) is 11.7 Å². The quantitative estimate of drug-likeness (QED) is 0.759. The Balaban J connectivity index is 1.94. The van der Waals surface area contributed by atoms with Crippen LogP contribution in [0.2, 0.25) is 0 Å². The minimum atomic E-state index is -0.727. The van der Waals surface area contributed by atoms with Gasteiger partial charge in [-0.1, -0.05) is 11.2 Å². The molecule has 0 aromatic carbocycles. The smallest absolute Gasteiger partial charge is 0.321 e. The predicted octanol–water partition coefficient (Wildman–Crippen LogP) is 1.34. The number of rotatable bonds is 3. The van der Waals surface area contributed by atoms with Crippen LogP contribution in [0.3, 0.4) is 0 Å². The number of carbonyl (C=O) groups excluding carboxylic acids is 1. The van der Waals surface area contributed by atoms with Crippen molar-refractivity contribution in [2.45, 2.75) is 18.3 Å². The molecule has 6 nitrogen and oxygen atoms in total. The number of ether oxygens (including phenoxy) is 1. The predicted molar refractivity (Wildman–Crippen MR) is 60.5 cm³/mol. The number of methoxy groups -OCH3 is 1. The van der Waals surface area contributed by atoms with Crippen molar-refractivity contribution in [2.24, 2.45) is 0 Å². The number of nitrogens with zero attached hydrogens (tertiary/aromatic N) is 3. The first kappa shape index (κ1) is 10.9. The molecule has 0 saturated heterocycles. The summed E-state index contributed by atoms with van der Waals surface area (Å²) in [7, 11) is 1.36. The van der Waals surface area contributed by atoms with Gasteiger partial charge < -0.3 is 9.26 Å². The molecule has 6 heteroatoms. The molecular formula is C12H11N3O3. The second-order valence-electron chi connectivity index (χ2n) is 4.21. The number of pyridine rings is 1. The van der Waals surface area contributed by atoms with E-state index in [1.807, 2.05) is 6.07 Å². The third-order valence-corrected chi connectivity index (χ3v) is 3.06. The van der Waals surface area contributed by atoms with Crippen LogP contribution in [0.1, 0.15) is 18.7 Å². The van der Waals surface area contributed by atoms with Crippen molar-refractivity contribution in [3.05, 3.63) is 30.3 Å². The number of hydrogen-bond acceptors (Lipinski definition) is 6. The highest BCUT2D eigenvalue weighted by Crippen LogP contribution is 2.48. The Morgan fingerprint density at radius 3 is 2.89 bits per heavy atom. The summed E-state index contributed by atoms with van der Waals surface area (Å²) in [5.41, 5.74) is -0.109. The van der Waals surface area contributed by atoms with Crippen molar-refractivity contribution in [1.29, 1.82) is 0 Å². The summed E-state index contributed by atoms with van der Waals surface area (Å²) in [5, 5.41) is 3.85. The first-order valence-corrected chi connectivity index (χ1v) is 5.60. The highest BCUT2D eigenvalue weighted by molar-refractivity contribution is 5.85. The second kappa shape index (κ2) is 3.90. The van der Waals surface area contributed by atoms with E-state index in [1.54, 1.807) is 18.3 Å². The topological polar surface area (TPSA) is 78.1 Å². The van der Waals surface area contributed by atoms with Crippen LogP contribution in [-0.2, 0) is 14.9 Å². The Bertz CT molecular complexity index is 575. The first-order chi connectivity index (χ1) is 8.76. The zero-order valence-corrected chi connectivity index (χ0v) is 9.79. The standard InChI is InChI=1S/C12H11N3O3/c1-17-11(16)12(5-6-12)10-14-9(15-18-10)8-4-2-3-7-13-8/h2-4,7H,5-6H2,1H3. The molecule has 0 bridgehead atoms. The molecule has 0 radical (unpaired) electrons. The third-order valence-electron chi connectivity index (χ3n) is 3.06. The Labute approximate surface area is 103 Å². The van der Waals surface area contributed by atoms with Crippen molar-refractivity contribution >= 4 is 5.97 Å². The molecule has 92 valence electrons. The molecule has 0 atom stereocenters. The second-order valence-corrected chi connectivity index (χ2v) is 4.21. The number of aromatic nitrogens is 3. The summed E-state index contributed by atoms with van der Waals surface area (Å²) >= 11 is 0. The fourth-order valence-electron chi connectivity index (χ4n) is 1.84. The molecule has 0 spiro atoms. The van der Waals surface area contributed by atoms with E-state index in [9.17, 15) is 4.79 Å². The van der Waals surface area contributed by atoms with E-state index >= 15 is 0 Å². The van der Waals surface area contributed by atoms with E-state index in [0.717, 1.165) is 0 Å². The van der Waals surface area contributed by atoms with Gasteiger partial charge in [-0.05, 0) is 25.0 Å². The van der Waals surface area contributed by atoms with Gasteiger partial charge in [0.05, 0.1) is 7.11 Å². The number of carbonyl (C=O) groups is 1. The monoisotopic (exact) mass is 245 g/mol. The van der Waals surface area contributed by atoms with Crippen LogP contribution in [0.4, 0.5) is 0 Å². The van der Waals surface area contributed by atoms with E-state index in [0.29, 0.717) is 30.3 Å². The van der Waals surface area contributed by atoms with E-state index in [2.05, 4.69) is 15.1 Å². The highest BCUT2D eigenvalue weighted by Gasteiger charge is 2.57. The van der Waals surface area contributed by atoms with E-state index < -0.39 is 5.41 Å². The lowest BCUT2D eigenvalue weighted by molar-refractivity contribution is -0.144. The van der Waals surface area contributed by atoms with Crippen LogP contribution in [0.25, 0.3) is 11.5 Å². The fraction of sp³-hybridized carbons (Fsp3) is 0.333. The van der Waals surface area contributed by atoms with Crippen LogP contribution in [0, 0.1) is 0 Å². The molecule has 1 fully saturated rings. The Morgan fingerprint density at radius 2 is 2.28 bits per heavy atom. The van der Waals surface area contributed by atoms with Gasteiger partial charge in [0.1, 0.15) is 11.1 Å². The SMILES string of the molecule is COC(=O)C1(c2nc(-c3ccccn3)no2)CC1. The van der Waals surface area contributed by atoms with Gasteiger partial charge in [-0.15, -0.1) is 0 Å². The van der Waals surface area contributed by atoms with Gasteiger partial charge in [0.15, 0.2) is 0 Å². The zero-order chi connectivity index (χ0) is 12.6. The third kappa shape index (κ3) is 1.57. The first-order valence-electron chi connectivity index (χ1n) is 5.60. The molecule has 1 saturated carbocycles. The van der Waals surface area contributed by atoms with Crippen molar-refractivity contribution in [2.75, 3.05) is 7.11 Å². The van der Waals surface area contributed by atoms with Crippen molar-refractivity contribution < 1.29 is 14.1 Å². The molecule has 3 rings (SSSR count). The Morgan fingerprint density at radius 1 is 1.44 bits per heavy atom. The van der Waals surface area contributed by atoms with Gasteiger partial charge in [0, 0.05) is 6.20 Å². The largest absolute Gasteiger partial charge is 0.468 e. The molecule has 2 heterocycles. The Kier molecular flexibility index (Phi) is 2.36. The Hall–Kier alpha value is -2.24. The summed E-state index contributed by atoms with van der Waals surface area (Å²) in [4.78, 5) is 20.0. The van der Waals surface area contributed by atoms with Crippen LogP contribution in [0.15, 0.2) is 28.9 Å². The maximum absolute atomic E-state index is 11.7. The summed E-state index contributed by atoms with van der Waals surface area (Å²) in [6.45, 7) is 0. The summed E-state index contributed by atoms with van der Waals surface area (Å²) in [6.07, 6.45) is 3.02. The molecule has 18 heavy (non-hydrogen) atoms. The molecular weight excluding hydrogens is 234 g/mol. The molecule has 0 amide bonds. The van der Waals surface area contributed by atoms with Gasteiger partial charge in [-0.2, -0.15) is 4.98 Å². The lowest BCUT2D eigenvalue weighted by atomic mass is 10.1. The van der Waals surface area contributed by atoms with Crippen LogP contribution >= 0.6 is 0 Å². The highest BCUT2D eigenvalue weighted by atomic mass is 16.5. The van der Waals surface area contributed by atoms with E-state index in [-0.39, 0.29) is 5.97 Å². The molecule has 1 aliphatic carbocycles. The summed E-state index contributed by atoms with van der Waals surface area (Å²) < 4.78 is 9.93. The van der Waals surface area contributed by atoms with Crippen LogP contribution in [0.5, 0.6) is 0 Å². The maximum atomic E-state index is 11.7. The van der Waals surface area contributed by atoms with Gasteiger partial charge in [-0.3, -0.25) is 9.78 Å². The van der Waals surface area contributed by atoms with Crippen LogP contribution < -0.4 is 0 Å². The zero-order valence-electron chi connectivity index (χ0n) is 9.79. The average Bonchev–Trinajstić information content (AvgIpc) is 3.09. The normalized spacial score (nSPS) is 16.3. The number of hydrogen-bond donors (Lipinski definition) is 0. The lowest BCUT2D eigenvalue weighted by Gasteiger charge is -2.05.